The van der Waals surface area contributed by atoms with Crippen LogP contribution in [0.2, 0.25) is 0 Å². The molecule has 0 spiro atoms. The van der Waals surface area contributed by atoms with Gasteiger partial charge in [-0.15, -0.1) is 0 Å². The molecule has 0 aliphatic carbocycles. The summed E-state index contributed by atoms with van der Waals surface area (Å²) in [4.78, 5) is 18.1. The molecule has 0 saturated heterocycles. The van der Waals surface area contributed by atoms with Gasteiger partial charge in [0.2, 0.25) is 17.7 Å². The van der Waals surface area contributed by atoms with Crippen LogP contribution in [0.1, 0.15) is 6.42 Å². The number of methoxy groups -OCH3 is 2. The van der Waals surface area contributed by atoms with Gasteiger partial charge in [-0.05, 0) is 0 Å². The molecule has 1 heterocycles. The van der Waals surface area contributed by atoms with E-state index >= 15 is 0 Å². The maximum absolute atomic E-state index is 12.0. The summed E-state index contributed by atoms with van der Waals surface area (Å²) in [5.41, 5.74) is 0. The summed E-state index contributed by atoms with van der Waals surface area (Å²) in [6.07, 6.45) is -0.320. The largest absolute Gasteiger partial charge is 0.481 e. The van der Waals surface area contributed by atoms with Crippen LogP contribution in [0.5, 0.6) is 11.8 Å². The van der Waals surface area contributed by atoms with Crippen molar-refractivity contribution in [2.24, 2.45) is 0 Å². The topological polar surface area (TPSA) is 131 Å². The Morgan fingerprint density at radius 1 is 1.33 bits per heavy atom. The lowest BCUT2D eigenvalue weighted by molar-refractivity contribution is -0.137. The van der Waals surface area contributed by atoms with Gasteiger partial charge in [0.25, 0.3) is 0 Å². The second-order valence-electron chi connectivity index (χ2n) is 3.85. The fourth-order valence-electron chi connectivity index (χ4n) is 1.23. The Hall–Kier alpha value is -2.14. The Labute approximate surface area is 121 Å². The van der Waals surface area contributed by atoms with Crippen molar-refractivity contribution in [1.82, 2.24) is 14.3 Å². The van der Waals surface area contributed by atoms with Gasteiger partial charge in [0, 0.05) is 13.6 Å². The minimum atomic E-state index is -3.98. The SMILES string of the molecule is COc1cc(OC)nc(NS(=O)(=O)N(C)CCC(=O)O)n1. The molecular weight excluding hydrogens is 304 g/mol. The van der Waals surface area contributed by atoms with E-state index in [1.165, 1.54) is 27.3 Å². The molecule has 0 aliphatic heterocycles. The van der Waals surface area contributed by atoms with Crippen molar-refractivity contribution in [2.45, 2.75) is 6.42 Å². The van der Waals surface area contributed by atoms with Crippen molar-refractivity contribution in [1.29, 1.82) is 0 Å². The summed E-state index contributed by atoms with van der Waals surface area (Å²) < 4.78 is 36.7. The molecule has 0 atom stereocenters. The third kappa shape index (κ3) is 5.04. The van der Waals surface area contributed by atoms with Gasteiger partial charge in [0.1, 0.15) is 0 Å². The van der Waals surface area contributed by atoms with Crippen molar-refractivity contribution in [3.8, 4) is 11.8 Å². The van der Waals surface area contributed by atoms with E-state index in [1.54, 1.807) is 0 Å². The number of nitrogens with zero attached hydrogens (tertiary/aromatic N) is 3. The minimum absolute atomic E-state index is 0.118. The summed E-state index contributed by atoms with van der Waals surface area (Å²) in [6.45, 7) is -0.189. The number of nitrogens with one attached hydrogen (secondary N) is 1. The molecule has 0 bridgehead atoms. The lowest BCUT2D eigenvalue weighted by Crippen LogP contribution is -2.34. The average Bonchev–Trinajstić information content (AvgIpc) is 2.43. The number of anilines is 1. The van der Waals surface area contributed by atoms with Crippen LogP contribution in [0.3, 0.4) is 0 Å². The number of rotatable bonds is 8. The lowest BCUT2D eigenvalue weighted by atomic mass is 10.4. The predicted molar refractivity (Wildman–Crippen MR) is 72.6 cm³/mol. The van der Waals surface area contributed by atoms with Crippen LogP contribution in [-0.4, -0.2) is 61.6 Å². The first-order valence-electron chi connectivity index (χ1n) is 5.71. The molecule has 0 aliphatic rings. The van der Waals surface area contributed by atoms with E-state index in [0.717, 1.165) is 4.31 Å². The van der Waals surface area contributed by atoms with Crippen LogP contribution in [0.4, 0.5) is 5.95 Å². The zero-order valence-corrected chi connectivity index (χ0v) is 12.5. The molecule has 0 fully saturated rings. The Balaban J connectivity index is 2.90. The van der Waals surface area contributed by atoms with E-state index in [1.807, 2.05) is 0 Å². The monoisotopic (exact) mass is 320 g/mol. The van der Waals surface area contributed by atoms with Gasteiger partial charge >= 0.3 is 16.2 Å². The maximum atomic E-state index is 12.0. The van der Waals surface area contributed by atoms with Crippen LogP contribution in [-0.2, 0) is 15.0 Å². The molecule has 11 heteroatoms. The van der Waals surface area contributed by atoms with Gasteiger partial charge in [-0.2, -0.15) is 22.7 Å². The summed E-state index contributed by atoms with van der Waals surface area (Å²) in [6, 6.07) is 1.38. The molecule has 118 valence electrons. The number of aliphatic carboxylic acids is 1. The zero-order chi connectivity index (χ0) is 16.0. The fraction of sp³-hybridized carbons (Fsp3) is 0.500. The second kappa shape index (κ2) is 7.04. The summed E-state index contributed by atoms with van der Waals surface area (Å²) >= 11 is 0. The number of carboxylic acids is 1. The number of hydrogen-bond donors (Lipinski definition) is 2. The van der Waals surface area contributed by atoms with Crippen molar-refractivity contribution in [2.75, 3.05) is 32.5 Å². The van der Waals surface area contributed by atoms with Gasteiger partial charge in [-0.3, -0.25) is 4.79 Å². The van der Waals surface area contributed by atoms with Gasteiger partial charge in [0.05, 0.1) is 26.7 Å². The summed E-state index contributed by atoms with van der Waals surface area (Å²) in [7, 11) is -0.0160. The molecule has 1 aromatic rings. The van der Waals surface area contributed by atoms with E-state index in [-0.39, 0.29) is 30.7 Å². The molecule has 0 amide bonds. The number of carboxylic acid groups (broad SMARTS) is 1. The molecular formula is C10H16N4O6S. The number of aromatic nitrogens is 2. The van der Waals surface area contributed by atoms with Crippen LogP contribution < -0.4 is 14.2 Å². The first-order chi connectivity index (χ1) is 9.78. The normalized spacial score (nSPS) is 11.2. The first kappa shape index (κ1) is 16.9. The molecule has 0 saturated carbocycles. The zero-order valence-electron chi connectivity index (χ0n) is 11.7. The van der Waals surface area contributed by atoms with Gasteiger partial charge in [0.15, 0.2) is 0 Å². The number of carbonyl (C=O) groups is 1. The van der Waals surface area contributed by atoms with Crippen LogP contribution in [0.15, 0.2) is 6.07 Å². The smallest absolute Gasteiger partial charge is 0.304 e. The van der Waals surface area contributed by atoms with Gasteiger partial charge in [-0.1, -0.05) is 0 Å². The Morgan fingerprint density at radius 2 is 1.86 bits per heavy atom. The number of ether oxygens (including phenoxy) is 2. The Morgan fingerprint density at radius 3 is 2.29 bits per heavy atom. The van der Waals surface area contributed by atoms with E-state index in [0.29, 0.717) is 0 Å². The third-order valence-electron chi connectivity index (χ3n) is 2.37. The van der Waals surface area contributed by atoms with Crippen molar-refractivity contribution in [3.63, 3.8) is 0 Å². The Bertz CT molecular complexity index is 583. The van der Waals surface area contributed by atoms with E-state index < -0.39 is 16.2 Å². The van der Waals surface area contributed by atoms with Gasteiger partial charge in [-0.25, -0.2) is 4.72 Å². The highest BCUT2D eigenvalue weighted by molar-refractivity contribution is 7.90. The minimum Gasteiger partial charge on any atom is -0.481 e. The van der Waals surface area contributed by atoms with Crippen molar-refractivity contribution < 1.29 is 27.8 Å². The predicted octanol–water partition coefficient (Wildman–Crippen LogP) is -0.443. The highest BCUT2D eigenvalue weighted by Crippen LogP contribution is 2.18. The second-order valence-corrected chi connectivity index (χ2v) is 5.63. The highest BCUT2D eigenvalue weighted by atomic mass is 32.2. The highest BCUT2D eigenvalue weighted by Gasteiger charge is 2.20. The van der Waals surface area contributed by atoms with E-state index in [2.05, 4.69) is 14.7 Å². The van der Waals surface area contributed by atoms with Crippen LogP contribution in [0.25, 0.3) is 0 Å². The molecule has 0 radical (unpaired) electrons. The molecule has 21 heavy (non-hydrogen) atoms. The molecule has 0 unspecified atom stereocenters. The number of hydrogen-bond acceptors (Lipinski definition) is 7. The fourth-order valence-corrected chi connectivity index (χ4v) is 2.03. The lowest BCUT2D eigenvalue weighted by Gasteiger charge is -2.16. The van der Waals surface area contributed by atoms with Gasteiger partial charge < -0.3 is 14.6 Å². The van der Waals surface area contributed by atoms with Crippen molar-refractivity contribution in [3.05, 3.63) is 6.07 Å². The van der Waals surface area contributed by atoms with E-state index in [9.17, 15) is 13.2 Å². The maximum Gasteiger partial charge on any atom is 0.304 e. The third-order valence-corrected chi connectivity index (χ3v) is 3.81. The molecule has 0 aromatic carbocycles. The average molecular weight is 320 g/mol. The standard InChI is InChI=1S/C10H16N4O6S/c1-14(5-4-9(15)16)21(17,18)13-10-11-7(19-2)6-8(12-10)20-3/h6H,4-5H2,1-3H3,(H,15,16)(H,11,12,13). The molecule has 1 aromatic heterocycles. The quantitative estimate of drug-likeness (QED) is 0.659. The Kier molecular flexibility index (Phi) is 5.67. The molecule has 1 rings (SSSR count). The van der Waals surface area contributed by atoms with Crippen LogP contribution >= 0.6 is 0 Å². The van der Waals surface area contributed by atoms with Crippen LogP contribution in [0, 0.1) is 0 Å². The molecule has 10 nitrogen and oxygen atoms in total. The summed E-state index contributed by atoms with van der Waals surface area (Å²) in [5, 5.41) is 8.55. The van der Waals surface area contributed by atoms with Crippen molar-refractivity contribution >= 4 is 22.1 Å². The first-order valence-corrected chi connectivity index (χ1v) is 7.15. The molecule has 2 N–H and O–H groups in total. The van der Waals surface area contributed by atoms with E-state index in [4.69, 9.17) is 14.6 Å². The summed E-state index contributed by atoms with van der Waals surface area (Å²) in [5.74, 6) is -1.11.